The summed E-state index contributed by atoms with van der Waals surface area (Å²) in [6, 6.07) is 15.9. The third-order valence-electron chi connectivity index (χ3n) is 4.19. The van der Waals surface area contributed by atoms with Gasteiger partial charge in [0.2, 0.25) is 0 Å². The van der Waals surface area contributed by atoms with Gasteiger partial charge >= 0.3 is 5.97 Å². The molecule has 0 atom stereocenters. The minimum Gasteiger partial charge on any atom is -0.462 e. The number of esters is 1. The molecule has 0 fully saturated rings. The summed E-state index contributed by atoms with van der Waals surface area (Å²) in [6.45, 7) is 3.81. The maximum absolute atomic E-state index is 12.4. The second kappa shape index (κ2) is 9.47. The van der Waals surface area contributed by atoms with Crippen LogP contribution < -0.4 is 10.6 Å². The van der Waals surface area contributed by atoms with Crippen LogP contribution in [0.3, 0.4) is 0 Å². The van der Waals surface area contributed by atoms with Gasteiger partial charge in [0.1, 0.15) is 5.00 Å². The minimum absolute atomic E-state index is 0.0411. The number of nitro groups is 1. The highest BCUT2D eigenvalue weighted by Crippen LogP contribution is 2.36. The molecular formula is C21H19N3O4S2. The van der Waals surface area contributed by atoms with Crippen LogP contribution >= 0.6 is 23.6 Å². The Morgan fingerprint density at radius 2 is 1.90 bits per heavy atom. The van der Waals surface area contributed by atoms with E-state index in [1.165, 1.54) is 23.5 Å². The largest absolute Gasteiger partial charge is 0.462 e. The zero-order valence-electron chi connectivity index (χ0n) is 16.3. The molecular weight excluding hydrogens is 422 g/mol. The van der Waals surface area contributed by atoms with Gasteiger partial charge in [0.25, 0.3) is 5.69 Å². The summed E-state index contributed by atoms with van der Waals surface area (Å²) in [4.78, 5) is 23.9. The number of ether oxygens (including phenoxy) is 1. The molecule has 3 aromatic rings. The molecule has 0 aliphatic heterocycles. The first kappa shape index (κ1) is 21.4. The number of carbonyl (C=O) groups excluding carboxylic acids is 1. The molecule has 0 unspecified atom stereocenters. The number of nitro benzene ring substituents is 1. The second-order valence-electron chi connectivity index (χ2n) is 6.28. The summed E-state index contributed by atoms with van der Waals surface area (Å²) >= 11 is 6.76. The van der Waals surface area contributed by atoms with Crippen LogP contribution in [-0.2, 0) is 4.74 Å². The fourth-order valence-electron chi connectivity index (χ4n) is 2.70. The number of nitrogens with one attached hydrogen (secondary N) is 2. The van der Waals surface area contributed by atoms with Crippen molar-refractivity contribution in [2.75, 3.05) is 17.2 Å². The van der Waals surface area contributed by atoms with Gasteiger partial charge in [0.05, 0.1) is 17.1 Å². The highest BCUT2D eigenvalue weighted by atomic mass is 32.1. The van der Waals surface area contributed by atoms with Gasteiger partial charge in [-0.1, -0.05) is 36.4 Å². The number of nitrogens with zero attached hydrogens (tertiary/aromatic N) is 1. The Morgan fingerprint density at radius 1 is 1.17 bits per heavy atom. The van der Waals surface area contributed by atoms with Crippen molar-refractivity contribution < 1.29 is 14.5 Å². The molecule has 154 valence electrons. The molecule has 0 amide bonds. The molecule has 0 aliphatic rings. The maximum Gasteiger partial charge on any atom is 0.341 e. The molecule has 2 aromatic carbocycles. The van der Waals surface area contributed by atoms with E-state index in [1.807, 2.05) is 37.3 Å². The van der Waals surface area contributed by atoms with Gasteiger partial charge < -0.3 is 15.4 Å². The van der Waals surface area contributed by atoms with E-state index >= 15 is 0 Å². The Bertz CT molecular complexity index is 1100. The molecule has 1 aromatic heterocycles. The number of hydrogen-bond donors (Lipinski definition) is 2. The molecule has 7 nitrogen and oxygen atoms in total. The smallest absolute Gasteiger partial charge is 0.341 e. The maximum atomic E-state index is 12.4. The molecule has 0 aliphatic carbocycles. The zero-order valence-corrected chi connectivity index (χ0v) is 17.9. The Hall–Kier alpha value is -3.30. The molecule has 0 bridgehead atoms. The minimum atomic E-state index is -0.467. The van der Waals surface area contributed by atoms with Crippen LogP contribution in [0.4, 0.5) is 16.4 Å². The Morgan fingerprint density at radius 3 is 2.57 bits per heavy atom. The highest BCUT2D eigenvalue weighted by molar-refractivity contribution is 7.80. The van der Waals surface area contributed by atoms with E-state index in [0.29, 0.717) is 16.3 Å². The lowest BCUT2D eigenvalue weighted by molar-refractivity contribution is -0.384. The Kier molecular flexibility index (Phi) is 6.76. The summed E-state index contributed by atoms with van der Waals surface area (Å²) in [6.07, 6.45) is 0. The molecule has 0 spiro atoms. The van der Waals surface area contributed by atoms with Crippen molar-refractivity contribution in [3.8, 4) is 10.4 Å². The molecule has 0 saturated heterocycles. The van der Waals surface area contributed by atoms with E-state index in [9.17, 15) is 14.9 Å². The number of carbonyl (C=O) groups is 1. The van der Waals surface area contributed by atoms with Gasteiger partial charge in [0, 0.05) is 22.7 Å². The van der Waals surface area contributed by atoms with Gasteiger partial charge in [-0.05, 0) is 43.3 Å². The van der Waals surface area contributed by atoms with E-state index in [-0.39, 0.29) is 17.4 Å². The average Bonchev–Trinajstić information content (AvgIpc) is 3.14. The predicted molar refractivity (Wildman–Crippen MR) is 123 cm³/mol. The lowest BCUT2D eigenvalue weighted by atomic mass is 10.1. The number of thiophene rings is 1. The van der Waals surface area contributed by atoms with Crippen LogP contribution in [0.25, 0.3) is 10.4 Å². The summed E-state index contributed by atoms with van der Waals surface area (Å²) in [7, 11) is 0. The van der Waals surface area contributed by atoms with Crippen LogP contribution in [0.1, 0.15) is 22.8 Å². The summed E-state index contributed by atoms with van der Waals surface area (Å²) in [5.41, 5.74) is 2.61. The zero-order chi connectivity index (χ0) is 21.7. The first-order chi connectivity index (χ1) is 14.4. The third-order valence-corrected chi connectivity index (χ3v) is 5.50. The van der Waals surface area contributed by atoms with Crippen molar-refractivity contribution in [2.45, 2.75) is 13.8 Å². The van der Waals surface area contributed by atoms with Crippen molar-refractivity contribution in [3.05, 3.63) is 75.8 Å². The van der Waals surface area contributed by atoms with Gasteiger partial charge in [0.15, 0.2) is 5.11 Å². The Labute approximate surface area is 182 Å². The quantitative estimate of drug-likeness (QED) is 0.222. The number of hydrogen-bond acceptors (Lipinski definition) is 6. The SMILES string of the molecule is CCOC(=O)c1cc(-c2ccccc2)sc1NC(=S)Nc1cc([N+](=O)[O-])ccc1C. The summed E-state index contributed by atoms with van der Waals surface area (Å²) in [5.74, 6) is -0.451. The first-order valence-electron chi connectivity index (χ1n) is 9.08. The number of non-ortho nitro benzene ring substituents is 1. The standard InChI is InChI=1S/C21H19N3O4S2/c1-3-28-20(25)16-12-18(14-7-5-4-6-8-14)30-19(16)23-21(29)22-17-11-15(24(26)27)10-9-13(17)2/h4-12H,3H2,1-2H3,(H2,22,23,29). The normalized spacial score (nSPS) is 10.3. The molecule has 30 heavy (non-hydrogen) atoms. The highest BCUT2D eigenvalue weighted by Gasteiger charge is 2.19. The third kappa shape index (κ3) is 5.00. The molecule has 3 rings (SSSR count). The molecule has 0 radical (unpaired) electrons. The van der Waals surface area contributed by atoms with E-state index in [0.717, 1.165) is 16.0 Å². The van der Waals surface area contributed by atoms with Crippen molar-refractivity contribution in [2.24, 2.45) is 0 Å². The number of rotatable bonds is 6. The first-order valence-corrected chi connectivity index (χ1v) is 10.3. The van der Waals surface area contributed by atoms with Crippen LogP contribution in [0.15, 0.2) is 54.6 Å². The second-order valence-corrected chi connectivity index (χ2v) is 7.74. The lowest BCUT2D eigenvalue weighted by Gasteiger charge is -2.12. The Balaban J connectivity index is 1.87. The van der Waals surface area contributed by atoms with E-state index < -0.39 is 10.9 Å². The van der Waals surface area contributed by atoms with Gasteiger partial charge in [-0.2, -0.15) is 0 Å². The van der Waals surface area contributed by atoms with E-state index in [1.54, 1.807) is 19.1 Å². The summed E-state index contributed by atoms with van der Waals surface area (Å²) < 4.78 is 5.17. The van der Waals surface area contributed by atoms with Crippen LogP contribution in [0, 0.1) is 17.0 Å². The van der Waals surface area contributed by atoms with Crippen molar-refractivity contribution in [1.29, 1.82) is 0 Å². The van der Waals surface area contributed by atoms with E-state index in [2.05, 4.69) is 10.6 Å². The van der Waals surface area contributed by atoms with Crippen LogP contribution in [0.5, 0.6) is 0 Å². The number of benzene rings is 2. The molecule has 9 heteroatoms. The molecule has 0 saturated carbocycles. The van der Waals surface area contributed by atoms with Crippen molar-refractivity contribution in [1.82, 2.24) is 0 Å². The van der Waals surface area contributed by atoms with Gasteiger partial charge in [-0.15, -0.1) is 11.3 Å². The van der Waals surface area contributed by atoms with Crippen molar-refractivity contribution in [3.63, 3.8) is 0 Å². The predicted octanol–water partition coefficient (Wildman–Crippen LogP) is 5.62. The van der Waals surface area contributed by atoms with Crippen LogP contribution in [0.2, 0.25) is 0 Å². The van der Waals surface area contributed by atoms with Crippen molar-refractivity contribution >= 4 is 51.0 Å². The van der Waals surface area contributed by atoms with Gasteiger partial charge in [-0.3, -0.25) is 10.1 Å². The average molecular weight is 442 g/mol. The number of aryl methyl sites for hydroxylation is 1. The lowest BCUT2D eigenvalue weighted by Crippen LogP contribution is -2.20. The monoisotopic (exact) mass is 441 g/mol. The number of anilines is 2. The fourth-order valence-corrected chi connectivity index (χ4v) is 4.04. The summed E-state index contributed by atoms with van der Waals surface area (Å²) in [5, 5.41) is 17.8. The topological polar surface area (TPSA) is 93.5 Å². The molecule has 2 N–H and O–H groups in total. The fraction of sp³-hybridized carbons (Fsp3) is 0.143. The van der Waals surface area contributed by atoms with Gasteiger partial charge in [-0.25, -0.2) is 4.79 Å². The van der Waals surface area contributed by atoms with E-state index in [4.69, 9.17) is 17.0 Å². The molecule has 1 heterocycles. The number of thiocarbonyl (C=S) groups is 1. The van der Waals surface area contributed by atoms with Crippen LogP contribution in [-0.4, -0.2) is 22.6 Å².